The molecule has 56 valence electrons. The molecule has 1 aromatic carbocycles. The van der Waals surface area contributed by atoms with Crippen LogP contribution in [-0.4, -0.2) is 0 Å². The predicted octanol–water partition coefficient (Wildman–Crippen LogP) is 2.84. The fourth-order valence-corrected chi connectivity index (χ4v) is 1.32. The largest absolute Gasteiger partial charge is 0.496 e. The quantitative estimate of drug-likeness (QED) is 0.576. The molecule has 0 N–H and O–H groups in total. The minimum absolute atomic E-state index is 0.631. The number of ether oxygens (including phenoxy) is 1. The molecule has 0 saturated carbocycles. The number of hydrogen-bond acceptors (Lipinski definition) is 1. The fourth-order valence-electron chi connectivity index (χ4n) is 1.12. The second kappa shape index (κ2) is 2.59. The lowest BCUT2D eigenvalue weighted by atomic mass is 10.1. The molecule has 1 aliphatic heterocycles. The standard InChI is InChI=1S/C9H7ClO/c10-9-2-1-7-3-4-11-6-8(7)5-9/h1-5H,6H2. The Morgan fingerprint density at radius 2 is 2.27 bits per heavy atom. The van der Waals surface area contributed by atoms with Crippen LogP contribution in [0.5, 0.6) is 0 Å². The number of benzene rings is 1. The summed E-state index contributed by atoms with van der Waals surface area (Å²) in [5.74, 6) is 0. The molecule has 0 aromatic heterocycles. The summed E-state index contributed by atoms with van der Waals surface area (Å²) >= 11 is 5.80. The zero-order chi connectivity index (χ0) is 7.68. The van der Waals surface area contributed by atoms with E-state index in [1.807, 2.05) is 24.3 Å². The minimum Gasteiger partial charge on any atom is -0.496 e. The summed E-state index contributed by atoms with van der Waals surface area (Å²) in [6, 6.07) is 5.81. The van der Waals surface area contributed by atoms with Crippen molar-refractivity contribution in [2.45, 2.75) is 6.61 Å². The van der Waals surface area contributed by atoms with Crippen LogP contribution in [0, 0.1) is 0 Å². The van der Waals surface area contributed by atoms with Gasteiger partial charge in [-0.05, 0) is 29.3 Å². The molecule has 0 radical (unpaired) electrons. The van der Waals surface area contributed by atoms with Crippen LogP contribution in [0.25, 0.3) is 6.08 Å². The lowest BCUT2D eigenvalue weighted by Gasteiger charge is -2.10. The van der Waals surface area contributed by atoms with E-state index in [0.29, 0.717) is 6.61 Å². The molecule has 0 unspecified atom stereocenters. The molecule has 0 spiro atoms. The first-order valence-electron chi connectivity index (χ1n) is 3.43. The molecule has 1 aliphatic rings. The molecule has 0 saturated heterocycles. The van der Waals surface area contributed by atoms with E-state index in [1.165, 1.54) is 5.56 Å². The van der Waals surface area contributed by atoms with E-state index in [4.69, 9.17) is 16.3 Å². The molecule has 1 nitrogen and oxygen atoms in total. The van der Waals surface area contributed by atoms with Gasteiger partial charge in [0.15, 0.2) is 0 Å². The van der Waals surface area contributed by atoms with Gasteiger partial charge in [0.2, 0.25) is 0 Å². The number of halogens is 1. The van der Waals surface area contributed by atoms with Crippen molar-refractivity contribution in [2.24, 2.45) is 0 Å². The van der Waals surface area contributed by atoms with E-state index in [2.05, 4.69) is 0 Å². The third kappa shape index (κ3) is 1.24. The summed E-state index contributed by atoms with van der Waals surface area (Å²) in [6.07, 6.45) is 3.64. The summed E-state index contributed by atoms with van der Waals surface area (Å²) in [6.45, 7) is 0.631. The highest BCUT2D eigenvalue weighted by Gasteiger charge is 2.03. The molecule has 0 fully saturated rings. The van der Waals surface area contributed by atoms with Gasteiger partial charge in [0.25, 0.3) is 0 Å². The van der Waals surface area contributed by atoms with Gasteiger partial charge in [-0.1, -0.05) is 17.7 Å². The molecule has 0 aliphatic carbocycles. The van der Waals surface area contributed by atoms with Gasteiger partial charge in [-0.2, -0.15) is 0 Å². The van der Waals surface area contributed by atoms with Crippen molar-refractivity contribution in [1.82, 2.24) is 0 Å². The van der Waals surface area contributed by atoms with Crippen LogP contribution in [0.3, 0.4) is 0 Å². The van der Waals surface area contributed by atoms with E-state index >= 15 is 0 Å². The minimum atomic E-state index is 0.631. The smallest absolute Gasteiger partial charge is 0.113 e. The third-order valence-electron chi connectivity index (χ3n) is 1.69. The Hall–Kier alpha value is -0.950. The number of fused-ring (bicyclic) bond motifs is 1. The second-order valence-corrected chi connectivity index (χ2v) is 2.89. The van der Waals surface area contributed by atoms with E-state index in [0.717, 1.165) is 10.6 Å². The van der Waals surface area contributed by atoms with Crippen LogP contribution in [0.4, 0.5) is 0 Å². The number of hydrogen-bond donors (Lipinski definition) is 0. The van der Waals surface area contributed by atoms with Gasteiger partial charge in [-0.15, -0.1) is 0 Å². The molecule has 11 heavy (non-hydrogen) atoms. The lowest BCUT2D eigenvalue weighted by Crippen LogP contribution is -1.95. The fraction of sp³-hybridized carbons (Fsp3) is 0.111. The Balaban J connectivity index is 2.53. The van der Waals surface area contributed by atoms with Crippen molar-refractivity contribution in [2.75, 3.05) is 0 Å². The van der Waals surface area contributed by atoms with Gasteiger partial charge in [0, 0.05) is 5.02 Å². The Morgan fingerprint density at radius 3 is 3.18 bits per heavy atom. The van der Waals surface area contributed by atoms with Crippen molar-refractivity contribution in [3.8, 4) is 0 Å². The van der Waals surface area contributed by atoms with Crippen molar-refractivity contribution in [3.05, 3.63) is 40.6 Å². The monoisotopic (exact) mass is 166 g/mol. The van der Waals surface area contributed by atoms with Crippen molar-refractivity contribution < 1.29 is 4.74 Å². The van der Waals surface area contributed by atoms with Crippen molar-refractivity contribution in [3.63, 3.8) is 0 Å². The Morgan fingerprint density at radius 1 is 1.36 bits per heavy atom. The first-order valence-corrected chi connectivity index (χ1v) is 3.80. The summed E-state index contributed by atoms with van der Waals surface area (Å²) in [5, 5.41) is 0.766. The van der Waals surface area contributed by atoms with E-state index < -0.39 is 0 Å². The van der Waals surface area contributed by atoms with Crippen LogP contribution < -0.4 is 0 Å². The van der Waals surface area contributed by atoms with Crippen LogP contribution in [0.2, 0.25) is 5.02 Å². The molecule has 0 atom stereocenters. The summed E-state index contributed by atoms with van der Waals surface area (Å²) in [7, 11) is 0. The Bertz CT molecular complexity index is 304. The maximum absolute atomic E-state index is 5.80. The van der Waals surface area contributed by atoms with Gasteiger partial charge in [0.05, 0.1) is 6.26 Å². The van der Waals surface area contributed by atoms with E-state index in [9.17, 15) is 0 Å². The van der Waals surface area contributed by atoms with Crippen LogP contribution >= 0.6 is 11.6 Å². The summed E-state index contributed by atoms with van der Waals surface area (Å²) in [4.78, 5) is 0. The first kappa shape index (κ1) is 6.74. The number of rotatable bonds is 0. The molecule has 1 heterocycles. The van der Waals surface area contributed by atoms with Gasteiger partial charge < -0.3 is 4.74 Å². The topological polar surface area (TPSA) is 9.23 Å². The molecule has 0 amide bonds. The molecular formula is C9H7ClO. The molecular weight excluding hydrogens is 160 g/mol. The molecule has 1 aromatic rings. The predicted molar refractivity (Wildman–Crippen MR) is 45.3 cm³/mol. The van der Waals surface area contributed by atoms with Crippen LogP contribution in [-0.2, 0) is 11.3 Å². The normalized spacial score (nSPS) is 13.9. The Kier molecular flexibility index (Phi) is 1.59. The second-order valence-electron chi connectivity index (χ2n) is 2.46. The zero-order valence-corrected chi connectivity index (χ0v) is 6.64. The van der Waals surface area contributed by atoms with Crippen LogP contribution in [0.1, 0.15) is 11.1 Å². The molecule has 2 rings (SSSR count). The summed E-state index contributed by atoms with van der Waals surface area (Å²) < 4.78 is 5.11. The highest BCUT2D eigenvalue weighted by Crippen LogP contribution is 2.21. The van der Waals surface area contributed by atoms with Gasteiger partial charge in [-0.25, -0.2) is 0 Å². The maximum atomic E-state index is 5.80. The molecule has 2 heteroatoms. The SMILES string of the molecule is Clc1ccc2c(c1)COC=C2. The van der Waals surface area contributed by atoms with E-state index in [1.54, 1.807) is 6.26 Å². The molecule has 0 bridgehead atoms. The lowest BCUT2D eigenvalue weighted by molar-refractivity contribution is 0.234. The highest BCUT2D eigenvalue weighted by molar-refractivity contribution is 6.30. The highest BCUT2D eigenvalue weighted by atomic mass is 35.5. The van der Waals surface area contributed by atoms with Gasteiger partial charge in [-0.3, -0.25) is 0 Å². The van der Waals surface area contributed by atoms with Gasteiger partial charge in [0.1, 0.15) is 6.61 Å². The first-order chi connectivity index (χ1) is 5.36. The summed E-state index contributed by atoms with van der Waals surface area (Å²) in [5.41, 5.74) is 2.35. The Labute approximate surface area is 70.2 Å². The van der Waals surface area contributed by atoms with E-state index in [-0.39, 0.29) is 0 Å². The van der Waals surface area contributed by atoms with Crippen LogP contribution in [0.15, 0.2) is 24.5 Å². The van der Waals surface area contributed by atoms with Crippen molar-refractivity contribution >= 4 is 17.7 Å². The average molecular weight is 167 g/mol. The average Bonchev–Trinajstić information content (AvgIpc) is 2.04. The van der Waals surface area contributed by atoms with Crippen molar-refractivity contribution in [1.29, 1.82) is 0 Å². The van der Waals surface area contributed by atoms with Gasteiger partial charge >= 0.3 is 0 Å². The maximum Gasteiger partial charge on any atom is 0.113 e. The zero-order valence-electron chi connectivity index (χ0n) is 5.88. The third-order valence-corrected chi connectivity index (χ3v) is 1.92.